The van der Waals surface area contributed by atoms with Gasteiger partial charge in [0.25, 0.3) is 0 Å². The van der Waals surface area contributed by atoms with Gasteiger partial charge in [-0.2, -0.15) is 4.98 Å². The zero-order valence-corrected chi connectivity index (χ0v) is 14.4. The van der Waals surface area contributed by atoms with Crippen molar-refractivity contribution in [2.24, 2.45) is 0 Å². The minimum absolute atomic E-state index is 0.0826. The maximum Gasteiger partial charge on any atom is 0.241 e. The summed E-state index contributed by atoms with van der Waals surface area (Å²) in [6.07, 6.45) is 0.505. The molecule has 8 heteroatoms. The fourth-order valence-electron chi connectivity index (χ4n) is 2.08. The van der Waals surface area contributed by atoms with Crippen molar-refractivity contribution in [3.05, 3.63) is 69.0 Å². The average molecular weight is 369 g/mol. The number of hydrogen-bond donors (Lipinski definition) is 0. The van der Waals surface area contributed by atoms with Gasteiger partial charge in [-0.25, -0.2) is 8.42 Å². The Kier molecular flexibility index (Phi) is 4.79. The first-order valence-corrected chi connectivity index (χ1v) is 9.82. The molecular formula is C15H13ClN2O3S2. The molecule has 0 unspecified atom stereocenters. The molecule has 0 aliphatic rings. The van der Waals surface area contributed by atoms with Crippen LogP contribution in [0.2, 0.25) is 4.34 Å². The van der Waals surface area contributed by atoms with E-state index in [9.17, 15) is 8.42 Å². The number of thiophene rings is 1. The molecule has 2 heterocycles. The van der Waals surface area contributed by atoms with Gasteiger partial charge in [0.1, 0.15) is 5.75 Å². The molecule has 5 nitrogen and oxygen atoms in total. The van der Waals surface area contributed by atoms with Gasteiger partial charge in [0, 0.05) is 11.3 Å². The molecule has 0 saturated heterocycles. The molecule has 0 amide bonds. The fraction of sp³-hybridized carbons (Fsp3) is 0.200. The second kappa shape index (κ2) is 6.82. The standard InChI is InChI=1S/C15H13ClN2O3S2/c16-13-7-6-12(22-13)9-23(19,20)10-15-17-14(18-21-15)8-11-4-2-1-3-5-11/h1-7H,8-10H2. The highest BCUT2D eigenvalue weighted by Gasteiger charge is 2.19. The van der Waals surface area contributed by atoms with Crippen LogP contribution < -0.4 is 0 Å². The maximum atomic E-state index is 12.2. The number of sulfone groups is 1. The summed E-state index contributed by atoms with van der Waals surface area (Å²) in [7, 11) is -3.38. The fourth-order valence-corrected chi connectivity index (χ4v) is 4.87. The first-order valence-electron chi connectivity index (χ1n) is 6.80. The number of hydrogen-bond acceptors (Lipinski definition) is 6. The van der Waals surface area contributed by atoms with E-state index in [-0.39, 0.29) is 17.4 Å². The summed E-state index contributed by atoms with van der Waals surface area (Å²) in [5.41, 5.74) is 1.04. The lowest BCUT2D eigenvalue weighted by atomic mass is 10.1. The van der Waals surface area contributed by atoms with Crippen molar-refractivity contribution in [2.75, 3.05) is 0 Å². The smallest absolute Gasteiger partial charge is 0.241 e. The third-order valence-corrected chi connectivity index (χ3v) is 5.90. The molecule has 0 spiro atoms. The minimum Gasteiger partial charge on any atom is -0.338 e. The molecule has 0 fully saturated rings. The molecule has 0 bridgehead atoms. The van der Waals surface area contributed by atoms with Gasteiger partial charge < -0.3 is 4.52 Å². The van der Waals surface area contributed by atoms with Crippen LogP contribution in [-0.2, 0) is 27.8 Å². The number of aromatic nitrogens is 2. The van der Waals surface area contributed by atoms with Crippen LogP contribution in [0.1, 0.15) is 22.2 Å². The van der Waals surface area contributed by atoms with Gasteiger partial charge >= 0.3 is 0 Å². The molecule has 120 valence electrons. The number of rotatable bonds is 6. The van der Waals surface area contributed by atoms with Gasteiger partial charge in [-0.05, 0) is 17.7 Å². The molecule has 0 atom stereocenters. The SMILES string of the molecule is O=S(=O)(Cc1nc(Cc2ccccc2)no1)Cc1ccc(Cl)s1. The van der Waals surface area contributed by atoms with E-state index < -0.39 is 9.84 Å². The Bertz CT molecular complexity index is 888. The summed E-state index contributed by atoms with van der Waals surface area (Å²) in [4.78, 5) is 4.85. The van der Waals surface area contributed by atoms with Crippen LogP contribution in [0.3, 0.4) is 0 Å². The largest absolute Gasteiger partial charge is 0.338 e. The van der Waals surface area contributed by atoms with Gasteiger partial charge in [-0.15, -0.1) is 11.3 Å². The van der Waals surface area contributed by atoms with Crippen LogP contribution >= 0.6 is 22.9 Å². The van der Waals surface area contributed by atoms with Crippen LogP contribution in [-0.4, -0.2) is 18.6 Å². The number of benzene rings is 1. The molecule has 0 N–H and O–H groups in total. The number of nitrogens with zero attached hydrogens (tertiary/aromatic N) is 2. The lowest BCUT2D eigenvalue weighted by Gasteiger charge is -1.98. The molecule has 2 aromatic heterocycles. The molecule has 0 radical (unpaired) electrons. The second-order valence-electron chi connectivity index (χ2n) is 5.00. The third kappa shape index (κ3) is 4.63. The van der Waals surface area contributed by atoms with E-state index in [1.807, 2.05) is 30.3 Å². The first kappa shape index (κ1) is 16.2. The predicted molar refractivity (Wildman–Crippen MR) is 89.2 cm³/mol. The van der Waals surface area contributed by atoms with E-state index >= 15 is 0 Å². The Hall–Kier alpha value is -1.70. The van der Waals surface area contributed by atoms with Gasteiger partial charge in [-0.3, -0.25) is 0 Å². The Morgan fingerprint density at radius 2 is 1.87 bits per heavy atom. The molecule has 1 aromatic carbocycles. The summed E-state index contributed by atoms with van der Waals surface area (Å²) in [6.45, 7) is 0. The van der Waals surface area contributed by atoms with Crippen molar-refractivity contribution in [2.45, 2.75) is 17.9 Å². The van der Waals surface area contributed by atoms with Gasteiger partial charge in [0.2, 0.25) is 5.89 Å². The maximum absolute atomic E-state index is 12.2. The quantitative estimate of drug-likeness (QED) is 0.665. The van der Waals surface area contributed by atoms with Gasteiger partial charge in [-0.1, -0.05) is 47.1 Å². The van der Waals surface area contributed by atoms with E-state index in [2.05, 4.69) is 10.1 Å². The van der Waals surface area contributed by atoms with Crippen molar-refractivity contribution >= 4 is 32.8 Å². The summed E-state index contributed by atoms with van der Waals surface area (Å²) < 4.78 is 30.0. The van der Waals surface area contributed by atoms with Crippen molar-refractivity contribution in [3.63, 3.8) is 0 Å². The predicted octanol–water partition coefficient (Wildman–Crippen LogP) is 3.49. The summed E-state index contributed by atoms with van der Waals surface area (Å²) >= 11 is 7.06. The van der Waals surface area contributed by atoms with E-state index in [0.717, 1.165) is 5.56 Å². The van der Waals surface area contributed by atoms with Gasteiger partial charge in [0.15, 0.2) is 15.7 Å². The van der Waals surface area contributed by atoms with E-state index in [1.54, 1.807) is 12.1 Å². The first-order chi connectivity index (χ1) is 11.0. The average Bonchev–Trinajstić information content (AvgIpc) is 3.08. The lowest BCUT2D eigenvalue weighted by molar-refractivity contribution is 0.383. The van der Waals surface area contributed by atoms with Crippen LogP contribution in [0.4, 0.5) is 0 Å². The van der Waals surface area contributed by atoms with Crippen molar-refractivity contribution in [1.82, 2.24) is 10.1 Å². The monoisotopic (exact) mass is 368 g/mol. The molecule has 0 aliphatic heterocycles. The van der Waals surface area contributed by atoms with E-state index in [4.69, 9.17) is 16.1 Å². The third-order valence-electron chi connectivity index (χ3n) is 3.05. The Balaban J connectivity index is 1.66. The molecule has 3 aromatic rings. The van der Waals surface area contributed by atoms with Crippen molar-refractivity contribution in [3.8, 4) is 0 Å². The molecular weight excluding hydrogens is 356 g/mol. The minimum atomic E-state index is -3.38. The molecule has 23 heavy (non-hydrogen) atoms. The summed E-state index contributed by atoms with van der Waals surface area (Å²) in [5.74, 6) is 0.226. The Morgan fingerprint density at radius 1 is 1.09 bits per heavy atom. The molecule has 0 aliphatic carbocycles. The van der Waals surface area contributed by atoms with Crippen LogP contribution in [0.5, 0.6) is 0 Å². The van der Waals surface area contributed by atoms with Crippen LogP contribution in [0.15, 0.2) is 47.0 Å². The van der Waals surface area contributed by atoms with Crippen LogP contribution in [0, 0.1) is 0 Å². The zero-order valence-electron chi connectivity index (χ0n) is 12.0. The molecule has 3 rings (SSSR count). The molecule has 0 saturated carbocycles. The van der Waals surface area contributed by atoms with Crippen molar-refractivity contribution in [1.29, 1.82) is 0 Å². The summed E-state index contributed by atoms with van der Waals surface area (Å²) in [6, 6.07) is 13.1. The van der Waals surface area contributed by atoms with Crippen molar-refractivity contribution < 1.29 is 12.9 Å². The highest BCUT2D eigenvalue weighted by molar-refractivity contribution is 7.89. The second-order valence-corrected chi connectivity index (χ2v) is 8.87. The van der Waals surface area contributed by atoms with Gasteiger partial charge in [0.05, 0.1) is 10.1 Å². The lowest BCUT2D eigenvalue weighted by Crippen LogP contribution is -2.07. The topological polar surface area (TPSA) is 73.1 Å². The van der Waals surface area contributed by atoms with E-state index in [1.165, 1.54) is 11.3 Å². The Morgan fingerprint density at radius 3 is 2.57 bits per heavy atom. The highest BCUT2D eigenvalue weighted by Crippen LogP contribution is 2.24. The van der Waals surface area contributed by atoms with E-state index in [0.29, 0.717) is 21.5 Å². The Labute approximate surface area is 142 Å². The zero-order chi connectivity index (χ0) is 16.3. The number of halogens is 1. The highest BCUT2D eigenvalue weighted by atomic mass is 35.5. The summed E-state index contributed by atoms with van der Waals surface area (Å²) in [5, 5.41) is 3.84. The van der Waals surface area contributed by atoms with Crippen LogP contribution in [0.25, 0.3) is 0 Å². The normalized spacial score (nSPS) is 11.7.